The number of hydrogen-bond acceptors (Lipinski definition) is 9. The Morgan fingerprint density at radius 2 is 1.36 bits per heavy atom. The summed E-state index contributed by atoms with van der Waals surface area (Å²) in [4.78, 5) is 51.8. The van der Waals surface area contributed by atoms with Gasteiger partial charge in [-0.2, -0.15) is 0 Å². The summed E-state index contributed by atoms with van der Waals surface area (Å²) in [5, 5.41) is 0. The van der Waals surface area contributed by atoms with Crippen molar-refractivity contribution < 1.29 is 38.1 Å². The molecule has 2 rings (SSSR count). The van der Waals surface area contributed by atoms with Crippen LogP contribution in [0.4, 0.5) is 0 Å². The summed E-state index contributed by atoms with van der Waals surface area (Å²) in [5.41, 5.74) is 0.602. The molecule has 0 bridgehead atoms. The van der Waals surface area contributed by atoms with Crippen LogP contribution in [0.2, 0.25) is 0 Å². The smallest absolute Gasteiger partial charge is 0.340 e. The van der Waals surface area contributed by atoms with E-state index in [2.05, 4.69) is 0 Å². The largest absolute Gasteiger partial charge is 0.467 e. The first-order valence-corrected chi connectivity index (χ1v) is 8.20. The highest BCUT2D eigenvalue weighted by atomic mass is 16.5. The molecule has 0 radical (unpaired) electrons. The lowest BCUT2D eigenvalue weighted by Gasteiger charge is -2.39. The van der Waals surface area contributed by atoms with Gasteiger partial charge in [-0.3, -0.25) is 0 Å². The van der Waals surface area contributed by atoms with Crippen molar-refractivity contribution >= 4 is 23.9 Å². The number of fused-ring (bicyclic) bond motifs is 1. The number of carbonyl (C=O) groups excluding carboxylic acids is 4. The lowest BCUT2D eigenvalue weighted by Crippen LogP contribution is -2.48. The van der Waals surface area contributed by atoms with Crippen LogP contribution in [0.3, 0.4) is 0 Å². The molecule has 9 nitrogen and oxygen atoms in total. The average Bonchev–Trinajstić information content (AvgIpc) is 2.69. The predicted octanol–water partition coefficient (Wildman–Crippen LogP) is 0.777. The first-order valence-electron chi connectivity index (χ1n) is 8.20. The topological polar surface area (TPSA) is 108 Å². The zero-order valence-corrected chi connectivity index (χ0v) is 16.4. The van der Waals surface area contributed by atoms with Gasteiger partial charge in [-0.25, -0.2) is 19.2 Å². The summed E-state index contributed by atoms with van der Waals surface area (Å²) in [7, 11) is 4.48. The zero-order chi connectivity index (χ0) is 21.2. The monoisotopic (exact) mass is 391 g/mol. The Morgan fingerprint density at radius 3 is 1.86 bits per heavy atom. The fourth-order valence-electron chi connectivity index (χ4n) is 3.28. The van der Waals surface area contributed by atoms with Crippen LogP contribution in [0.1, 0.15) is 13.8 Å². The third kappa shape index (κ3) is 3.30. The molecule has 0 amide bonds. The Kier molecular flexibility index (Phi) is 6.07. The normalized spacial score (nSPS) is 18.6. The van der Waals surface area contributed by atoms with Crippen molar-refractivity contribution in [3.05, 3.63) is 45.8 Å². The highest BCUT2D eigenvalue weighted by Crippen LogP contribution is 2.40. The van der Waals surface area contributed by atoms with E-state index in [4.69, 9.17) is 18.9 Å². The van der Waals surface area contributed by atoms with E-state index >= 15 is 0 Å². The highest BCUT2D eigenvalue weighted by molar-refractivity contribution is 6.15. The van der Waals surface area contributed by atoms with E-state index in [0.29, 0.717) is 5.57 Å². The summed E-state index contributed by atoms with van der Waals surface area (Å²) < 4.78 is 19.3. The maximum atomic E-state index is 12.6. The molecule has 1 unspecified atom stereocenters. The molecule has 0 saturated heterocycles. The SMILES string of the molecule is COC(=O)C1=C(C(=O)OC)C(C(=O)OC)N2C=C(C)C=C(C)C2=C1C(=O)OC. The molecule has 0 aliphatic carbocycles. The average molecular weight is 391 g/mol. The Morgan fingerprint density at radius 1 is 0.821 bits per heavy atom. The summed E-state index contributed by atoms with van der Waals surface area (Å²) in [5.74, 6) is -3.65. The minimum Gasteiger partial charge on any atom is -0.467 e. The summed E-state index contributed by atoms with van der Waals surface area (Å²) in [6.45, 7) is 3.48. The molecule has 0 saturated carbocycles. The number of hydrogen-bond donors (Lipinski definition) is 0. The number of nitrogens with zero attached hydrogens (tertiary/aromatic N) is 1. The highest BCUT2D eigenvalue weighted by Gasteiger charge is 2.48. The molecule has 1 atom stereocenters. The summed E-state index contributed by atoms with van der Waals surface area (Å²) in [6.07, 6.45) is 3.34. The molecule has 150 valence electrons. The number of ether oxygens (including phenoxy) is 4. The Labute approximate surface area is 161 Å². The Bertz CT molecular complexity index is 874. The second-order valence-corrected chi connectivity index (χ2v) is 6.02. The Balaban J connectivity index is 3.02. The van der Waals surface area contributed by atoms with Crippen LogP contribution in [0.5, 0.6) is 0 Å². The van der Waals surface area contributed by atoms with Crippen molar-refractivity contribution in [2.75, 3.05) is 28.4 Å². The van der Waals surface area contributed by atoms with Crippen LogP contribution in [0.25, 0.3) is 0 Å². The maximum absolute atomic E-state index is 12.6. The van der Waals surface area contributed by atoms with Gasteiger partial charge in [0.1, 0.15) is 0 Å². The second-order valence-electron chi connectivity index (χ2n) is 6.02. The minimum absolute atomic E-state index is 0.201. The van der Waals surface area contributed by atoms with Crippen LogP contribution in [-0.4, -0.2) is 63.3 Å². The molecule has 0 aromatic rings. The number of rotatable bonds is 4. The first kappa shape index (κ1) is 20.9. The molecule has 28 heavy (non-hydrogen) atoms. The molecule has 0 N–H and O–H groups in total. The van der Waals surface area contributed by atoms with E-state index < -0.39 is 35.5 Å². The van der Waals surface area contributed by atoms with Gasteiger partial charge >= 0.3 is 23.9 Å². The van der Waals surface area contributed by atoms with Gasteiger partial charge in [-0.15, -0.1) is 0 Å². The lowest BCUT2D eigenvalue weighted by molar-refractivity contribution is -0.148. The van der Waals surface area contributed by atoms with Crippen molar-refractivity contribution in [2.45, 2.75) is 19.9 Å². The molecule has 2 aliphatic heterocycles. The first-order chi connectivity index (χ1) is 13.2. The van der Waals surface area contributed by atoms with Gasteiger partial charge < -0.3 is 23.8 Å². The molecule has 0 spiro atoms. The summed E-state index contributed by atoms with van der Waals surface area (Å²) >= 11 is 0. The van der Waals surface area contributed by atoms with Crippen LogP contribution in [0, 0.1) is 0 Å². The number of methoxy groups -OCH3 is 4. The van der Waals surface area contributed by atoms with Gasteiger partial charge in [-0.1, -0.05) is 6.08 Å². The van der Waals surface area contributed by atoms with E-state index in [9.17, 15) is 19.2 Å². The molecule has 0 aromatic carbocycles. The molecule has 2 aliphatic rings. The molecule has 2 heterocycles. The van der Waals surface area contributed by atoms with Crippen molar-refractivity contribution in [3.8, 4) is 0 Å². The lowest BCUT2D eigenvalue weighted by atomic mass is 9.84. The van der Waals surface area contributed by atoms with E-state index in [0.717, 1.165) is 34.0 Å². The Hall–Kier alpha value is -3.36. The minimum atomic E-state index is -1.35. The van der Waals surface area contributed by atoms with Crippen LogP contribution < -0.4 is 0 Å². The molecule has 0 aromatic heterocycles. The van der Waals surface area contributed by atoms with Crippen LogP contribution in [0.15, 0.2) is 45.8 Å². The number of esters is 4. The fourth-order valence-corrected chi connectivity index (χ4v) is 3.28. The van der Waals surface area contributed by atoms with Gasteiger partial charge in [0, 0.05) is 6.20 Å². The molecule has 9 heteroatoms. The fraction of sp³-hybridized carbons (Fsp3) is 0.368. The van der Waals surface area contributed by atoms with Crippen molar-refractivity contribution in [2.24, 2.45) is 0 Å². The van der Waals surface area contributed by atoms with E-state index in [1.807, 2.05) is 0 Å². The van der Waals surface area contributed by atoms with Crippen molar-refractivity contribution in [3.63, 3.8) is 0 Å². The van der Waals surface area contributed by atoms with Crippen LogP contribution >= 0.6 is 0 Å². The van der Waals surface area contributed by atoms with Crippen molar-refractivity contribution in [1.82, 2.24) is 4.90 Å². The second kappa shape index (κ2) is 8.12. The maximum Gasteiger partial charge on any atom is 0.340 e. The number of allylic oxidation sites excluding steroid dienone is 3. The summed E-state index contributed by atoms with van der Waals surface area (Å²) in [6, 6.07) is -1.35. The molecular formula is C19H21NO8. The van der Waals surface area contributed by atoms with Gasteiger partial charge in [-0.05, 0) is 25.0 Å². The molecular weight excluding hydrogens is 370 g/mol. The van der Waals surface area contributed by atoms with E-state index in [-0.39, 0.29) is 16.8 Å². The van der Waals surface area contributed by atoms with Gasteiger partial charge in [0.2, 0.25) is 0 Å². The molecule has 0 fully saturated rings. The number of carbonyl (C=O) groups is 4. The third-order valence-electron chi connectivity index (χ3n) is 4.34. The zero-order valence-electron chi connectivity index (χ0n) is 16.4. The van der Waals surface area contributed by atoms with Crippen molar-refractivity contribution in [1.29, 1.82) is 0 Å². The standard InChI is InChI=1S/C19H21NO8/c1-9-7-10(2)14-12(17(22)26-4)11(16(21)25-3)13(18(23)27-5)15(19(24)28-6)20(14)8-9/h7-8,15H,1-6H3. The predicted molar refractivity (Wildman–Crippen MR) is 95.3 cm³/mol. The third-order valence-corrected chi connectivity index (χ3v) is 4.34. The quantitative estimate of drug-likeness (QED) is 0.507. The van der Waals surface area contributed by atoms with E-state index in [1.165, 1.54) is 4.90 Å². The van der Waals surface area contributed by atoms with Gasteiger partial charge in [0.05, 0.1) is 50.9 Å². The van der Waals surface area contributed by atoms with Crippen LogP contribution in [-0.2, 0) is 38.1 Å². The van der Waals surface area contributed by atoms with Gasteiger partial charge in [0.25, 0.3) is 0 Å². The van der Waals surface area contributed by atoms with E-state index in [1.54, 1.807) is 26.1 Å². The van der Waals surface area contributed by atoms with Gasteiger partial charge in [0.15, 0.2) is 6.04 Å².